The lowest BCUT2D eigenvalue weighted by Crippen LogP contribution is -2.14. The second kappa shape index (κ2) is 8.66. The van der Waals surface area contributed by atoms with Crippen molar-refractivity contribution >= 4 is 5.82 Å². The van der Waals surface area contributed by atoms with Crippen molar-refractivity contribution < 1.29 is 9.47 Å². The van der Waals surface area contributed by atoms with E-state index in [1.165, 1.54) is 6.33 Å². The van der Waals surface area contributed by atoms with Crippen molar-refractivity contribution in [3.63, 3.8) is 0 Å². The highest BCUT2D eigenvalue weighted by Gasteiger charge is 2.09. The van der Waals surface area contributed by atoms with E-state index < -0.39 is 0 Å². The minimum Gasteiger partial charge on any atom is -0.475 e. The molecule has 0 fully saturated rings. The number of hydrazine groups is 1. The van der Waals surface area contributed by atoms with Gasteiger partial charge < -0.3 is 14.9 Å². The summed E-state index contributed by atoms with van der Waals surface area (Å²) in [6.07, 6.45) is 4.40. The zero-order valence-corrected chi connectivity index (χ0v) is 11.1. The Hall–Kier alpha value is -1.40. The van der Waals surface area contributed by atoms with Gasteiger partial charge in [0.1, 0.15) is 18.8 Å². The average Bonchev–Trinajstić information content (AvgIpc) is 2.42. The summed E-state index contributed by atoms with van der Waals surface area (Å²) >= 11 is 0. The zero-order valence-electron chi connectivity index (χ0n) is 11.1. The molecular weight excluding hydrogens is 232 g/mol. The topological polar surface area (TPSA) is 82.3 Å². The number of hydrogen-bond acceptors (Lipinski definition) is 6. The van der Waals surface area contributed by atoms with Crippen LogP contribution in [0.3, 0.4) is 0 Å². The van der Waals surface area contributed by atoms with E-state index in [0.29, 0.717) is 24.9 Å². The van der Waals surface area contributed by atoms with Crippen molar-refractivity contribution in [1.82, 2.24) is 9.97 Å². The van der Waals surface area contributed by atoms with E-state index in [-0.39, 0.29) is 0 Å². The Kier molecular flexibility index (Phi) is 7.05. The Balaban J connectivity index is 2.41. The van der Waals surface area contributed by atoms with Crippen LogP contribution in [0.1, 0.15) is 32.3 Å². The number of nitrogens with two attached hydrogens (primary N) is 1. The number of unbranched alkanes of at least 4 members (excludes halogenated alkanes) is 1. The molecule has 1 aromatic rings. The molecule has 0 bridgehead atoms. The van der Waals surface area contributed by atoms with E-state index in [4.69, 9.17) is 15.3 Å². The molecule has 0 atom stereocenters. The molecule has 0 aliphatic carbocycles. The maximum atomic E-state index is 5.58. The summed E-state index contributed by atoms with van der Waals surface area (Å²) in [6, 6.07) is 0. The molecule has 0 radical (unpaired) electrons. The van der Waals surface area contributed by atoms with Gasteiger partial charge in [-0.05, 0) is 12.8 Å². The van der Waals surface area contributed by atoms with Crippen LogP contribution < -0.4 is 16.0 Å². The van der Waals surface area contributed by atoms with E-state index in [0.717, 1.165) is 31.4 Å². The number of aromatic nitrogens is 2. The Labute approximate surface area is 108 Å². The lowest BCUT2D eigenvalue weighted by molar-refractivity contribution is 0.0961. The molecule has 1 rings (SSSR count). The van der Waals surface area contributed by atoms with E-state index in [1.807, 2.05) is 6.92 Å². The quantitative estimate of drug-likeness (QED) is 0.395. The summed E-state index contributed by atoms with van der Waals surface area (Å²) in [6.45, 7) is 5.97. The Morgan fingerprint density at radius 2 is 2.06 bits per heavy atom. The lowest BCUT2D eigenvalue weighted by atomic mass is 10.2. The van der Waals surface area contributed by atoms with Gasteiger partial charge >= 0.3 is 0 Å². The Morgan fingerprint density at radius 1 is 1.22 bits per heavy atom. The van der Waals surface area contributed by atoms with Crippen molar-refractivity contribution in [1.29, 1.82) is 0 Å². The summed E-state index contributed by atoms with van der Waals surface area (Å²) in [5.74, 6) is 6.56. The average molecular weight is 254 g/mol. The lowest BCUT2D eigenvalue weighted by Gasteiger charge is -2.11. The van der Waals surface area contributed by atoms with Crippen LogP contribution in [0, 0.1) is 0 Å². The van der Waals surface area contributed by atoms with Gasteiger partial charge in [-0.1, -0.05) is 20.3 Å². The Morgan fingerprint density at radius 3 is 2.72 bits per heavy atom. The molecule has 6 nitrogen and oxygen atoms in total. The van der Waals surface area contributed by atoms with E-state index in [9.17, 15) is 0 Å². The van der Waals surface area contributed by atoms with Gasteiger partial charge in [0.15, 0.2) is 0 Å². The van der Waals surface area contributed by atoms with E-state index in [1.54, 1.807) is 0 Å². The molecular formula is C12H22N4O2. The van der Waals surface area contributed by atoms with E-state index >= 15 is 0 Å². The van der Waals surface area contributed by atoms with Crippen LogP contribution in [0.15, 0.2) is 6.33 Å². The standard InChI is InChI=1S/C12H22N4O2/c1-3-5-6-17-7-8-18-12-10(4-2)11(16-13)14-9-15-12/h9H,3-8,13H2,1-2H3,(H,14,15,16). The SMILES string of the molecule is CCCCOCCOc1ncnc(NN)c1CC. The molecule has 18 heavy (non-hydrogen) atoms. The van der Waals surface area contributed by atoms with Gasteiger partial charge in [0, 0.05) is 6.61 Å². The minimum absolute atomic E-state index is 0.484. The van der Waals surface area contributed by atoms with Crippen molar-refractivity contribution in [2.75, 3.05) is 25.2 Å². The smallest absolute Gasteiger partial charge is 0.221 e. The van der Waals surface area contributed by atoms with Crippen LogP contribution >= 0.6 is 0 Å². The van der Waals surface area contributed by atoms with Crippen molar-refractivity contribution in [2.45, 2.75) is 33.1 Å². The van der Waals surface area contributed by atoms with Gasteiger partial charge in [0.05, 0.1) is 12.2 Å². The summed E-state index contributed by atoms with van der Waals surface area (Å²) in [4.78, 5) is 8.15. The first-order valence-corrected chi connectivity index (χ1v) is 6.34. The summed E-state index contributed by atoms with van der Waals surface area (Å²) < 4.78 is 11.0. The summed E-state index contributed by atoms with van der Waals surface area (Å²) in [5, 5.41) is 0. The highest BCUT2D eigenvalue weighted by Crippen LogP contribution is 2.21. The number of anilines is 1. The number of rotatable bonds is 9. The number of nitrogens with zero attached hydrogens (tertiary/aromatic N) is 2. The molecule has 0 amide bonds. The second-order valence-electron chi connectivity index (χ2n) is 3.82. The third kappa shape index (κ3) is 4.46. The maximum Gasteiger partial charge on any atom is 0.221 e. The van der Waals surface area contributed by atoms with Crippen LogP contribution in [0.4, 0.5) is 5.82 Å². The number of hydrogen-bond donors (Lipinski definition) is 2. The predicted molar refractivity (Wildman–Crippen MR) is 70.4 cm³/mol. The minimum atomic E-state index is 0.484. The maximum absolute atomic E-state index is 5.58. The van der Waals surface area contributed by atoms with Crippen LogP contribution in [0.25, 0.3) is 0 Å². The van der Waals surface area contributed by atoms with Gasteiger partial charge in [-0.3, -0.25) is 0 Å². The molecule has 1 aromatic heterocycles. The highest BCUT2D eigenvalue weighted by molar-refractivity contribution is 5.47. The van der Waals surface area contributed by atoms with Gasteiger partial charge in [-0.2, -0.15) is 0 Å². The van der Waals surface area contributed by atoms with Crippen molar-refractivity contribution in [2.24, 2.45) is 5.84 Å². The third-order valence-electron chi connectivity index (χ3n) is 2.50. The molecule has 0 aromatic carbocycles. The second-order valence-corrected chi connectivity index (χ2v) is 3.82. The van der Waals surface area contributed by atoms with Crippen LogP contribution in [-0.4, -0.2) is 29.8 Å². The van der Waals surface area contributed by atoms with Crippen LogP contribution in [0.2, 0.25) is 0 Å². The summed E-state index contributed by atoms with van der Waals surface area (Å²) in [5.41, 5.74) is 3.43. The molecule has 0 aliphatic heterocycles. The molecule has 0 unspecified atom stereocenters. The molecule has 0 saturated heterocycles. The van der Waals surface area contributed by atoms with Gasteiger partial charge in [-0.15, -0.1) is 0 Å². The van der Waals surface area contributed by atoms with Crippen LogP contribution in [-0.2, 0) is 11.2 Å². The monoisotopic (exact) mass is 254 g/mol. The number of nitrogen functional groups attached to an aromatic ring is 1. The van der Waals surface area contributed by atoms with E-state index in [2.05, 4.69) is 22.3 Å². The zero-order chi connectivity index (χ0) is 13.2. The Bertz CT molecular complexity index is 347. The largest absolute Gasteiger partial charge is 0.475 e. The molecule has 0 spiro atoms. The van der Waals surface area contributed by atoms with Gasteiger partial charge in [0.25, 0.3) is 0 Å². The molecule has 6 heteroatoms. The fourth-order valence-corrected chi connectivity index (χ4v) is 1.51. The fraction of sp³-hybridized carbons (Fsp3) is 0.667. The first-order valence-electron chi connectivity index (χ1n) is 6.34. The van der Waals surface area contributed by atoms with Gasteiger partial charge in [-0.25, -0.2) is 15.8 Å². The highest BCUT2D eigenvalue weighted by atomic mass is 16.5. The number of ether oxygens (including phenoxy) is 2. The molecule has 3 N–H and O–H groups in total. The first-order chi connectivity index (χ1) is 8.83. The molecule has 0 saturated carbocycles. The fourth-order valence-electron chi connectivity index (χ4n) is 1.51. The first kappa shape index (κ1) is 14.7. The predicted octanol–water partition coefficient (Wildman–Crippen LogP) is 1.52. The van der Waals surface area contributed by atoms with Crippen molar-refractivity contribution in [3.05, 3.63) is 11.9 Å². The summed E-state index contributed by atoms with van der Waals surface area (Å²) in [7, 11) is 0. The molecule has 0 aliphatic rings. The molecule has 1 heterocycles. The normalized spacial score (nSPS) is 10.4. The number of nitrogens with one attached hydrogen (secondary N) is 1. The molecule has 102 valence electrons. The van der Waals surface area contributed by atoms with Gasteiger partial charge in [0.2, 0.25) is 5.88 Å². The van der Waals surface area contributed by atoms with Crippen LogP contribution in [0.5, 0.6) is 5.88 Å². The van der Waals surface area contributed by atoms with Crippen molar-refractivity contribution in [3.8, 4) is 5.88 Å². The third-order valence-corrected chi connectivity index (χ3v) is 2.50.